The molecule has 1 aliphatic carbocycles. The normalized spacial score (nSPS) is 33.4. The Morgan fingerprint density at radius 2 is 2.40 bits per heavy atom. The van der Waals surface area contributed by atoms with Crippen molar-refractivity contribution in [1.29, 1.82) is 5.26 Å². The van der Waals surface area contributed by atoms with Gasteiger partial charge in [0.15, 0.2) is 0 Å². The van der Waals surface area contributed by atoms with E-state index in [1.807, 2.05) is 6.07 Å². The zero-order valence-electron chi connectivity index (χ0n) is 5.81. The smallest absolute Gasteiger partial charge is 0.120 e. The Morgan fingerprint density at radius 1 is 1.70 bits per heavy atom. The largest absolute Gasteiger partial charge is 0.246 e. The molecule has 10 heavy (non-hydrogen) atoms. The molecular weight excluding hydrogens is 129 g/mol. The number of hydrogen-bond donors (Lipinski definition) is 0. The lowest BCUT2D eigenvalue weighted by Crippen LogP contribution is -2.19. The van der Waals surface area contributed by atoms with Crippen molar-refractivity contribution in [2.75, 3.05) is 0 Å². The quantitative estimate of drug-likeness (QED) is 0.472. The Kier molecular flexibility index (Phi) is 2.06. The van der Waals surface area contributed by atoms with Crippen LogP contribution in [-0.2, 0) is 0 Å². The molecule has 1 rings (SSSR count). The van der Waals surface area contributed by atoms with Crippen LogP contribution in [0.4, 0.5) is 4.39 Å². The highest BCUT2D eigenvalue weighted by atomic mass is 19.1. The van der Waals surface area contributed by atoms with Gasteiger partial charge in [0.1, 0.15) is 6.17 Å². The van der Waals surface area contributed by atoms with Crippen LogP contribution in [0.25, 0.3) is 0 Å². The summed E-state index contributed by atoms with van der Waals surface area (Å²) >= 11 is 0. The van der Waals surface area contributed by atoms with Gasteiger partial charge in [-0.2, -0.15) is 5.26 Å². The molecule has 1 saturated carbocycles. The van der Waals surface area contributed by atoms with Crippen molar-refractivity contribution in [2.45, 2.75) is 25.4 Å². The molecule has 1 fully saturated rings. The third-order valence-corrected chi connectivity index (χ3v) is 1.89. The van der Waals surface area contributed by atoms with Crippen LogP contribution in [0, 0.1) is 17.2 Å². The van der Waals surface area contributed by atoms with Gasteiger partial charge in [0.2, 0.25) is 0 Å². The molecular formula is C8H10FN. The predicted molar refractivity (Wildman–Crippen MR) is 37.0 cm³/mol. The molecule has 54 valence electrons. The fourth-order valence-electron chi connectivity index (χ4n) is 1.21. The summed E-state index contributed by atoms with van der Waals surface area (Å²) in [7, 11) is 0. The zero-order chi connectivity index (χ0) is 7.56. The number of nitrogens with zero attached hydrogens (tertiary/aromatic N) is 1. The van der Waals surface area contributed by atoms with Crippen LogP contribution in [-0.4, -0.2) is 6.17 Å². The summed E-state index contributed by atoms with van der Waals surface area (Å²) in [5.41, 5.74) is 0.944. The second kappa shape index (κ2) is 2.83. The van der Waals surface area contributed by atoms with E-state index in [9.17, 15) is 4.39 Å². The fourth-order valence-corrected chi connectivity index (χ4v) is 1.21. The molecule has 0 heterocycles. The Morgan fingerprint density at radius 3 is 2.90 bits per heavy atom. The summed E-state index contributed by atoms with van der Waals surface area (Å²) in [5, 5.41) is 8.43. The lowest BCUT2D eigenvalue weighted by atomic mass is 9.86. The summed E-state index contributed by atoms with van der Waals surface area (Å²) in [6, 6.07) is 1.96. The van der Waals surface area contributed by atoms with E-state index >= 15 is 0 Å². The van der Waals surface area contributed by atoms with Crippen molar-refractivity contribution >= 4 is 0 Å². The Balaban J connectivity index is 2.53. The van der Waals surface area contributed by atoms with E-state index in [2.05, 4.69) is 6.58 Å². The van der Waals surface area contributed by atoms with Gasteiger partial charge in [-0.3, -0.25) is 0 Å². The molecule has 0 aromatic rings. The van der Waals surface area contributed by atoms with Gasteiger partial charge in [-0.15, -0.1) is 0 Å². The first-order valence-electron chi connectivity index (χ1n) is 3.44. The van der Waals surface area contributed by atoms with E-state index in [1.54, 1.807) is 0 Å². The van der Waals surface area contributed by atoms with Crippen LogP contribution < -0.4 is 0 Å². The van der Waals surface area contributed by atoms with Crippen LogP contribution in [0.2, 0.25) is 0 Å². The van der Waals surface area contributed by atoms with E-state index < -0.39 is 6.17 Å². The van der Waals surface area contributed by atoms with Crippen molar-refractivity contribution in [3.63, 3.8) is 0 Å². The summed E-state index contributed by atoms with van der Waals surface area (Å²) in [5.74, 6) is -0.384. The van der Waals surface area contributed by atoms with Crippen LogP contribution in [0.3, 0.4) is 0 Å². The molecule has 1 nitrogen and oxygen atoms in total. The Hall–Kier alpha value is -0.840. The second-order valence-corrected chi connectivity index (χ2v) is 2.74. The standard InChI is InChI=1S/C8H10FN/c1-6-2-3-7(5-10)8(9)4-6/h7-8H,1-4H2. The molecule has 0 aliphatic heterocycles. The third kappa shape index (κ3) is 1.36. The SMILES string of the molecule is C=C1CCC(C#N)C(F)C1. The summed E-state index contributed by atoms with van der Waals surface area (Å²) in [6.07, 6.45) is 0.888. The number of nitriles is 1. The van der Waals surface area contributed by atoms with Gasteiger partial charge >= 0.3 is 0 Å². The maximum Gasteiger partial charge on any atom is 0.120 e. The molecule has 0 aromatic carbocycles. The van der Waals surface area contributed by atoms with Gasteiger partial charge in [0.05, 0.1) is 12.0 Å². The van der Waals surface area contributed by atoms with Crippen molar-refractivity contribution in [3.05, 3.63) is 12.2 Å². The topological polar surface area (TPSA) is 23.8 Å². The first-order chi connectivity index (χ1) is 4.74. The molecule has 2 heteroatoms. The van der Waals surface area contributed by atoms with Crippen molar-refractivity contribution in [1.82, 2.24) is 0 Å². The number of allylic oxidation sites excluding steroid dienone is 1. The van der Waals surface area contributed by atoms with Gasteiger partial charge in [-0.25, -0.2) is 4.39 Å². The first-order valence-corrected chi connectivity index (χ1v) is 3.44. The molecule has 0 N–H and O–H groups in total. The molecule has 0 radical (unpaired) electrons. The van der Waals surface area contributed by atoms with E-state index in [4.69, 9.17) is 5.26 Å². The maximum atomic E-state index is 12.8. The van der Waals surface area contributed by atoms with Gasteiger partial charge in [0, 0.05) is 6.42 Å². The molecule has 0 bridgehead atoms. The zero-order valence-corrected chi connectivity index (χ0v) is 5.81. The van der Waals surface area contributed by atoms with Crippen LogP contribution in [0.15, 0.2) is 12.2 Å². The number of halogens is 1. The molecule has 2 unspecified atom stereocenters. The molecule has 0 aromatic heterocycles. The third-order valence-electron chi connectivity index (χ3n) is 1.89. The van der Waals surface area contributed by atoms with Crippen LogP contribution in [0.5, 0.6) is 0 Å². The minimum Gasteiger partial charge on any atom is -0.246 e. The highest BCUT2D eigenvalue weighted by molar-refractivity contribution is 5.06. The molecule has 0 saturated heterocycles. The number of rotatable bonds is 0. The maximum absolute atomic E-state index is 12.8. The summed E-state index contributed by atoms with van der Waals surface area (Å²) < 4.78 is 12.8. The van der Waals surface area contributed by atoms with Gasteiger partial charge in [-0.05, 0) is 12.8 Å². The van der Waals surface area contributed by atoms with Gasteiger partial charge in [0.25, 0.3) is 0 Å². The molecule has 0 amide bonds. The highest BCUT2D eigenvalue weighted by Crippen LogP contribution is 2.28. The average Bonchev–Trinajstić information content (AvgIpc) is 1.88. The molecule has 1 aliphatic rings. The van der Waals surface area contributed by atoms with E-state index in [-0.39, 0.29) is 5.92 Å². The van der Waals surface area contributed by atoms with Crippen LogP contribution in [0.1, 0.15) is 19.3 Å². The predicted octanol–water partition coefficient (Wildman–Crippen LogP) is 2.20. The second-order valence-electron chi connectivity index (χ2n) is 2.74. The van der Waals surface area contributed by atoms with E-state index in [0.717, 1.165) is 12.0 Å². The lowest BCUT2D eigenvalue weighted by Gasteiger charge is -2.21. The van der Waals surface area contributed by atoms with Crippen LogP contribution >= 0.6 is 0 Å². The monoisotopic (exact) mass is 139 g/mol. The Labute approximate surface area is 60.2 Å². The number of hydrogen-bond acceptors (Lipinski definition) is 1. The minimum absolute atomic E-state index is 0.384. The fraction of sp³-hybridized carbons (Fsp3) is 0.625. The van der Waals surface area contributed by atoms with Crippen molar-refractivity contribution < 1.29 is 4.39 Å². The summed E-state index contributed by atoms with van der Waals surface area (Å²) in [6.45, 7) is 3.68. The first kappa shape index (κ1) is 7.27. The van der Waals surface area contributed by atoms with E-state index in [0.29, 0.717) is 12.8 Å². The molecule has 0 spiro atoms. The average molecular weight is 139 g/mol. The lowest BCUT2D eigenvalue weighted by molar-refractivity contribution is 0.234. The summed E-state index contributed by atoms with van der Waals surface area (Å²) in [4.78, 5) is 0. The number of alkyl halides is 1. The van der Waals surface area contributed by atoms with E-state index in [1.165, 1.54) is 0 Å². The van der Waals surface area contributed by atoms with Gasteiger partial charge in [-0.1, -0.05) is 12.2 Å². The highest BCUT2D eigenvalue weighted by Gasteiger charge is 2.25. The Bertz CT molecular complexity index is 180. The van der Waals surface area contributed by atoms with Gasteiger partial charge < -0.3 is 0 Å². The van der Waals surface area contributed by atoms with Crippen molar-refractivity contribution in [3.8, 4) is 6.07 Å². The minimum atomic E-state index is -0.966. The van der Waals surface area contributed by atoms with Crippen molar-refractivity contribution in [2.24, 2.45) is 5.92 Å². The molecule has 2 atom stereocenters.